The number of nitrogens with one attached hydrogen (secondary N) is 2. The Morgan fingerprint density at radius 2 is 2.29 bits per heavy atom. The quantitative estimate of drug-likeness (QED) is 0.776. The van der Waals surface area contributed by atoms with Gasteiger partial charge in [-0.15, -0.1) is 0 Å². The van der Waals surface area contributed by atoms with Crippen molar-refractivity contribution in [2.45, 2.75) is 30.6 Å². The molecule has 1 aromatic rings. The fourth-order valence-electron chi connectivity index (χ4n) is 1.76. The molecule has 0 spiro atoms. The number of nitrogens with zero attached hydrogens (tertiary/aromatic N) is 1. The van der Waals surface area contributed by atoms with Crippen LogP contribution in [0.1, 0.15) is 19.3 Å². The number of hydrogen-bond donors (Lipinski definition) is 2. The maximum atomic E-state index is 11.4. The minimum Gasteiger partial charge on any atom is -0.272 e. The molecule has 1 fully saturated rings. The molecule has 0 unspecified atom stereocenters. The summed E-state index contributed by atoms with van der Waals surface area (Å²) in [7, 11) is 0. The van der Waals surface area contributed by atoms with Gasteiger partial charge in [0.1, 0.15) is 0 Å². The van der Waals surface area contributed by atoms with Crippen molar-refractivity contribution in [3.8, 4) is 0 Å². The zero-order valence-corrected chi connectivity index (χ0v) is 9.63. The normalized spacial score (nSPS) is 19.2. The molecule has 1 saturated carbocycles. The molecule has 0 saturated heterocycles. The molecule has 0 aromatic carbocycles. The minimum absolute atomic E-state index is 0.129. The third-order valence-electron chi connectivity index (χ3n) is 2.91. The minimum atomic E-state index is -0.129. The topological polar surface area (TPSA) is 53.6 Å². The van der Waals surface area contributed by atoms with E-state index in [0.29, 0.717) is 4.77 Å². The summed E-state index contributed by atoms with van der Waals surface area (Å²) in [5.74, 6) is 0. The van der Waals surface area contributed by atoms with Gasteiger partial charge in [-0.05, 0) is 31.3 Å². The first kappa shape index (κ1) is 10.0. The average Bonchev–Trinajstić information content (AvgIpc) is 2.41. The van der Waals surface area contributed by atoms with E-state index in [-0.39, 0.29) is 10.4 Å². The van der Waals surface area contributed by atoms with Gasteiger partial charge < -0.3 is 0 Å². The van der Waals surface area contributed by atoms with Gasteiger partial charge in [-0.25, -0.2) is 9.89 Å². The molecule has 0 bridgehead atoms. The van der Waals surface area contributed by atoms with E-state index in [4.69, 9.17) is 12.2 Å². The summed E-state index contributed by atoms with van der Waals surface area (Å²) in [5.41, 5.74) is -0.129. The number of aromatic nitrogens is 3. The molecule has 1 heterocycles. The highest BCUT2D eigenvalue weighted by atomic mass is 32.2. The van der Waals surface area contributed by atoms with Gasteiger partial charge in [0.15, 0.2) is 4.77 Å². The van der Waals surface area contributed by atoms with Gasteiger partial charge in [0.2, 0.25) is 0 Å². The zero-order valence-electron chi connectivity index (χ0n) is 8.00. The fraction of sp³-hybridized carbons (Fsp3) is 0.750. The molecule has 78 valence electrons. The SMILES string of the molecule is CSC1(Cn2c(=O)[nH][nH]c2=S)CCC1. The lowest BCUT2D eigenvalue weighted by Gasteiger charge is -2.40. The number of rotatable bonds is 3. The summed E-state index contributed by atoms with van der Waals surface area (Å²) in [4.78, 5) is 11.4. The molecule has 4 nitrogen and oxygen atoms in total. The van der Waals surface area contributed by atoms with Crippen molar-refractivity contribution >= 4 is 24.0 Å². The van der Waals surface area contributed by atoms with Gasteiger partial charge >= 0.3 is 5.69 Å². The molecule has 0 amide bonds. The van der Waals surface area contributed by atoms with Crippen LogP contribution in [0.3, 0.4) is 0 Å². The number of aromatic amines is 2. The van der Waals surface area contributed by atoms with Crippen molar-refractivity contribution in [2.24, 2.45) is 0 Å². The lowest BCUT2D eigenvalue weighted by atomic mass is 9.84. The third-order valence-corrected chi connectivity index (χ3v) is 4.64. The molecule has 1 aromatic heterocycles. The Hall–Kier alpha value is -0.490. The highest BCUT2D eigenvalue weighted by Gasteiger charge is 2.37. The van der Waals surface area contributed by atoms with E-state index in [1.165, 1.54) is 19.3 Å². The second-order valence-corrected chi connectivity index (χ2v) is 5.35. The van der Waals surface area contributed by atoms with Crippen LogP contribution in [0.2, 0.25) is 0 Å². The van der Waals surface area contributed by atoms with Gasteiger partial charge in [0, 0.05) is 11.3 Å². The highest BCUT2D eigenvalue weighted by molar-refractivity contribution is 8.00. The number of thioether (sulfide) groups is 1. The van der Waals surface area contributed by atoms with Crippen molar-refractivity contribution in [1.82, 2.24) is 14.8 Å². The summed E-state index contributed by atoms with van der Waals surface area (Å²) >= 11 is 6.87. The summed E-state index contributed by atoms with van der Waals surface area (Å²) in [6.45, 7) is 0.728. The fourth-order valence-corrected chi connectivity index (χ4v) is 2.92. The van der Waals surface area contributed by atoms with Gasteiger partial charge in [0.25, 0.3) is 0 Å². The molecule has 1 aliphatic carbocycles. The van der Waals surface area contributed by atoms with Gasteiger partial charge in [-0.3, -0.25) is 9.67 Å². The highest BCUT2D eigenvalue weighted by Crippen LogP contribution is 2.43. The van der Waals surface area contributed by atoms with Crippen LogP contribution in [0, 0.1) is 4.77 Å². The Kier molecular flexibility index (Phi) is 2.57. The predicted octanol–water partition coefficient (Wildman–Crippen LogP) is 1.52. The first-order valence-electron chi connectivity index (χ1n) is 4.59. The number of H-pyrrole nitrogens is 2. The van der Waals surface area contributed by atoms with E-state index in [1.807, 2.05) is 11.8 Å². The summed E-state index contributed by atoms with van der Waals surface area (Å²) in [6.07, 6.45) is 5.72. The molecule has 1 aliphatic rings. The molecule has 0 atom stereocenters. The Balaban J connectivity index is 2.26. The van der Waals surface area contributed by atoms with Crippen LogP contribution >= 0.6 is 24.0 Å². The monoisotopic (exact) mass is 231 g/mol. The largest absolute Gasteiger partial charge is 0.342 e. The second-order valence-electron chi connectivity index (χ2n) is 3.69. The van der Waals surface area contributed by atoms with Gasteiger partial charge in [-0.2, -0.15) is 11.8 Å². The van der Waals surface area contributed by atoms with E-state index in [2.05, 4.69) is 16.5 Å². The van der Waals surface area contributed by atoms with Crippen molar-refractivity contribution in [3.05, 3.63) is 15.3 Å². The van der Waals surface area contributed by atoms with Crippen molar-refractivity contribution in [1.29, 1.82) is 0 Å². The molecule has 14 heavy (non-hydrogen) atoms. The third kappa shape index (κ3) is 1.56. The van der Waals surface area contributed by atoms with Gasteiger partial charge in [-0.1, -0.05) is 6.42 Å². The van der Waals surface area contributed by atoms with Crippen LogP contribution in [0.15, 0.2) is 4.79 Å². The molecule has 0 aliphatic heterocycles. The van der Waals surface area contributed by atoms with E-state index >= 15 is 0 Å². The molecular formula is C8H13N3OS2. The smallest absolute Gasteiger partial charge is 0.272 e. The first-order chi connectivity index (χ1) is 6.67. The van der Waals surface area contributed by atoms with E-state index in [0.717, 1.165) is 6.54 Å². The van der Waals surface area contributed by atoms with Crippen LogP contribution < -0.4 is 5.69 Å². The molecular weight excluding hydrogens is 218 g/mol. The summed E-state index contributed by atoms with van der Waals surface area (Å²) in [5, 5.41) is 5.16. The zero-order chi connectivity index (χ0) is 10.2. The Bertz CT molecular complexity index is 393. The second kappa shape index (κ2) is 3.58. The van der Waals surface area contributed by atoms with E-state index in [1.54, 1.807) is 4.57 Å². The molecule has 6 heteroatoms. The Morgan fingerprint density at radius 3 is 2.64 bits per heavy atom. The average molecular weight is 231 g/mol. The van der Waals surface area contributed by atoms with Crippen molar-refractivity contribution in [3.63, 3.8) is 0 Å². The number of hydrogen-bond acceptors (Lipinski definition) is 3. The van der Waals surface area contributed by atoms with Crippen molar-refractivity contribution < 1.29 is 0 Å². The Labute approximate surface area is 91.1 Å². The van der Waals surface area contributed by atoms with Crippen LogP contribution in [0.25, 0.3) is 0 Å². The van der Waals surface area contributed by atoms with Gasteiger partial charge in [0.05, 0.1) is 0 Å². The molecule has 2 rings (SSSR count). The first-order valence-corrected chi connectivity index (χ1v) is 6.23. The lowest BCUT2D eigenvalue weighted by Crippen LogP contribution is -2.40. The maximum Gasteiger partial charge on any atom is 0.342 e. The summed E-state index contributed by atoms with van der Waals surface area (Å²) in [6, 6.07) is 0. The lowest BCUT2D eigenvalue weighted by molar-refractivity contribution is 0.317. The van der Waals surface area contributed by atoms with Crippen LogP contribution in [-0.4, -0.2) is 25.8 Å². The predicted molar refractivity (Wildman–Crippen MR) is 60.3 cm³/mol. The van der Waals surface area contributed by atoms with Crippen LogP contribution in [0.4, 0.5) is 0 Å². The summed E-state index contributed by atoms with van der Waals surface area (Å²) < 4.78 is 2.36. The molecule has 2 N–H and O–H groups in total. The maximum absolute atomic E-state index is 11.4. The van der Waals surface area contributed by atoms with Crippen molar-refractivity contribution in [2.75, 3.05) is 6.26 Å². The van der Waals surface area contributed by atoms with E-state index in [9.17, 15) is 4.79 Å². The van der Waals surface area contributed by atoms with E-state index < -0.39 is 0 Å². The Morgan fingerprint density at radius 1 is 1.57 bits per heavy atom. The van der Waals surface area contributed by atoms with Crippen LogP contribution in [-0.2, 0) is 6.54 Å². The van der Waals surface area contributed by atoms with Crippen LogP contribution in [0.5, 0.6) is 0 Å². The molecule has 0 radical (unpaired) electrons. The standard InChI is InChI=1S/C8H13N3OS2/c1-14-8(3-2-4-8)5-11-6(12)9-10-7(11)13/h2-5H2,1H3,(H,9,12)(H,10,13).